The molecule has 1 aliphatic heterocycles. The molecule has 1 amide bonds. The largest absolute Gasteiger partial charge is 0.494 e. The minimum absolute atomic E-state index is 0.152. The van der Waals surface area contributed by atoms with Gasteiger partial charge in [-0.25, -0.2) is 8.42 Å². The predicted octanol–water partition coefficient (Wildman–Crippen LogP) is 1.18. The van der Waals surface area contributed by atoms with E-state index < -0.39 is 10.0 Å². The van der Waals surface area contributed by atoms with Crippen LogP contribution in [0.2, 0.25) is 0 Å². The van der Waals surface area contributed by atoms with E-state index in [1.807, 2.05) is 13.8 Å². The Kier molecular flexibility index (Phi) is 7.02. The standard InChI is InChI=1S/C18H29N3O4S/c1-5-20-9-11-21(12-10-20)18(22)14-19(4)26(23,24)16-7-8-17(25-6-2)15(3)13-16/h7-8,13H,5-6,9-12,14H2,1-4H3. The fraction of sp³-hybridized carbons (Fsp3) is 0.611. The summed E-state index contributed by atoms with van der Waals surface area (Å²) in [5.74, 6) is 0.508. The SMILES string of the molecule is CCOc1ccc(S(=O)(=O)N(C)CC(=O)N2CCN(CC)CC2)cc1C. The normalized spacial score (nSPS) is 16.1. The van der Waals surface area contributed by atoms with Crippen molar-refractivity contribution in [2.75, 3.05) is 52.9 Å². The van der Waals surface area contributed by atoms with Gasteiger partial charge in [0.25, 0.3) is 0 Å². The molecule has 0 unspecified atom stereocenters. The molecule has 0 spiro atoms. The summed E-state index contributed by atoms with van der Waals surface area (Å²) in [6, 6.07) is 4.76. The third-order valence-electron chi connectivity index (χ3n) is 4.68. The zero-order valence-electron chi connectivity index (χ0n) is 16.1. The highest BCUT2D eigenvalue weighted by molar-refractivity contribution is 7.89. The lowest BCUT2D eigenvalue weighted by atomic mass is 10.2. The van der Waals surface area contributed by atoms with Gasteiger partial charge in [0.2, 0.25) is 15.9 Å². The topological polar surface area (TPSA) is 70.2 Å². The van der Waals surface area contributed by atoms with E-state index in [9.17, 15) is 13.2 Å². The molecule has 0 bridgehead atoms. The van der Waals surface area contributed by atoms with Crippen LogP contribution in [0.15, 0.2) is 23.1 Å². The van der Waals surface area contributed by atoms with Crippen LogP contribution in [0.4, 0.5) is 0 Å². The Morgan fingerprint density at radius 2 is 1.85 bits per heavy atom. The number of amides is 1. The number of hydrogen-bond acceptors (Lipinski definition) is 5. The van der Waals surface area contributed by atoms with Gasteiger partial charge in [0.1, 0.15) is 5.75 Å². The van der Waals surface area contributed by atoms with Crippen molar-refractivity contribution >= 4 is 15.9 Å². The Labute approximate surface area is 156 Å². The summed E-state index contributed by atoms with van der Waals surface area (Å²) in [4.78, 5) is 16.6. The first-order valence-corrected chi connectivity index (χ1v) is 10.4. The number of nitrogens with zero attached hydrogens (tertiary/aromatic N) is 3. The Bertz CT molecular complexity index is 728. The lowest BCUT2D eigenvalue weighted by molar-refractivity contribution is -0.132. The highest BCUT2D eigenvalue weighted by Gasteiger charge is 2.27. The molecule has 1 fully saturated rings. The van der Waals surface area contributed by atoms with Gasteiger partial charge in [0, 0.05) is 33.2 Å². The number of benzene rings is 1. The van der Waals surface area contributed by atoms with E-state index in [0.717, 1.165) is 29.5 Å². The Hall–Kier alpha value is -1.64. The van der Waals surface area contributed by atoms with E-state index in [2.05, 4.69) is 11.8 Å². The Morgan fingerprint density at radius 3 is 2.38 bits per heavy atom. The average molecular weight is 384 g/mol. The molecule has 0 aromatic heterocycles. The van der Waals surface area contributed by atoms with Gasteiger partial charge >= 0.3 is 0 Å². The van der Waals surface area contributed by atoms with Gasteiger partial charge in [-0.15, -0.1) is 0 Å². The fourth-order valence-corrected chi connectivity index (χ4v) is 4.17. The highest BCUT2D eigenvalue weighted by Crippen LogP contribution is 2.23. The smallest absolute Gasteiger partial charge is 0.243 e. The van der Waals surface area contributed by atoms with E-state index in [4.69, 9.17) is 4.74 Å². The molecule has 1 saturated heterocycles. The van der Waals surface area contributed by atoms with Crippen LogP contribution in [0.3, 0.4) is 0 Å². The van der Waals surface area contributed by atoms with E-state index in [1.54, 1.807) is 17.0 Å². The van der Waals surface area contributed by atoms with E-state index >= 15 is 0 Å². The molecule has 26 heavy (non-hydrogen) atoms. The van der Waals surface area contributed by atoms with Crippen LogP contribution in [0.5, 0.6) is 5.75 Å². The molecule has 8 heteroatoms. The molecule has 0 N–H and O–H groups in total. The van der Waals surface area contributed by atoms with Crippen LogP contribution in [0.25, 0.3) is 0 Å². The number of hydrogen-bond donors (Lipinski definition) is 0. The molecular formula is C18H29N3O4S. The van der Waals surface area contributed by atoms with Crippen molar-refractivity contribution in [2.24, 2.45) is 0 Å². The molecule has 0 atom stereocenters. The van der Waals surface area contributed by atoms with Gasteiger partial charge in [-0.2, -0.15) is 4.31 Å². The maximum absolute atomic E-state index is 12.8. The second-order valence-electron chi connectivity index (χ2n) is 6.44. The van der Waals surface area contributed by atoms with Crippen LogP contribution in [-0.2, 0) is 14.8 Å². The van der Waals surface area contributed by atoms with Crippen molar-refractivity contribution in [1.29, 1.82) is 0 Å². The van der Waals surface area contributed by atoms with Gasteiger partial charge in [-0.1, -0.05) is 6.92 Å². The lowest BCUT2D eigenvalue weighted by Gasteiger charge is -2.34. The summed E-state index contributed by atoms with van der Waals surface area (Å²) in [7, 11) is -2.28. The van der Waals surface area contributed by atoms with Crippen molar-refractivity contribution in [1.82, 2.24) is 14.1 Å². The summed E-state index contributed by atoms with van der Waals surface area (Å²) >= 11 is 0. The molecule has 146 valence electrons. The minimum Gasteiger partial charge on any atom is -0.494 e. The lowest BCUT2D eigenvalue weighted by Crippen LogP contribution is -2.51. The number of carbonyl (C=O) groups is 1. The number of sulfonamides is 1. The number of aryl methyl sites for hydroxylation is 1. The molecular weight excluding hydrogens is 354 g/mol. The van der Waals surface area contributed by atoms with E-state index in [-0.39, 0.29) is 17.3 Å². The minimum atomic E-state index is -3.72. The molecule has 0 radical (unpaired) electrons. The van der Waals surface area contributed by atoms with Gasteiger partial charge in [-0.3, -0.25) is 4.79 Å². The molecule has 0 saturated carbocycles. The second-order valence-corrected chi connectivity index (χ2v) is 8.48. The predicted molar refractivity (Wildman–Crippen MR) is 101 cm³/mol. The van der Waals surface area contributed by atoms with Crippen LogP contribution in [0.1, 0.15) is 19.4 Å². The van der Waals surface area contributed by atoms with Crippen LogP contribution in [-0.4, -0.2) is 81.4 Å². The zero-order chi connectivity index (χ0) is 19.3. The van der Waals surface area contributed by atoms with Crippen LogP contribution in [0, 0.1) is 6.92 Å². The van der Waals surface area contributed by atoms with Gasteiger partial charge in [0.05, 0.1) is 18.0 Å². The maximum Gasteiger partial charge on any atom is 0.243 e. The van der Waals surface area contributed by atoms with Crippen molar-refractivity contribution in [3.05, 3.63) is 23.8 Å². The van der Waals surface area contributed by atoms with E-state index in [0.29, 0.717) is 25.4 Å². The Balaban J connectivity index is 2.04. The molecule has 1 aromatic carbocycles. The van der Waals surface area contributed by atoms with E-state index in [1.165, 1.54) is 13.1 Å². The summed E-state index contributed by atoms with van der Waals surface area (Å²) in [6.45, 7) is 10.1. The number of ether oxygens (including phenoxy) is 1. The number of rotatable bonds is 7. The molecule has 7 nitrogen and oxygen atoms in total. The summed E-state index contributed by atoms with van der Waals surface area (Å²) in [5.41, 5.74) is 0.753. The molecule has 2 rings (SSSR count). The first-order valence-electron chi connectivity index (χ1n) is 8.99. The van der Waals surface area contributed by atoms with Gasteiger partial charge < -0.3 is 14.5 Å². The summed E-state index contributed by atoms with van der Waals surface area (Å²) in [5, 5.41) is 0. The van der Waals surface area contributed by atoms with Crippen LogP contribution < -0.4 is 4.74 Å². The molecule has 0 aliphatic carbocycles. The van der Waals surface area contributed by atoms with Crippen LogP contribution >= 0.6 is 0 Å². The van der Waals surface area contributed by atoms with Crippen molar-refractivity contribution in [3.63, 3.8) is 0 Å². The average Bonchev–Trinajstić information content (AvgIpc) is 2.63. The monoisotopic (exact) mass is 383 g/mol. The van der Waals surface area contributed by atoms with Crippen molar-refractivity contribution in [3.8, 4) is 5.75 Å². The zero-order valence-corrected chi connectivity index (χ0v) is 16.9. The molecule has 1 aromatic rings. The molecule has 1 aliphatic rings. The molecule has 1 heterocycles. The van der Waals surface area contributed by atoms with Crippen molar-refractivity contribution in [2.45, 2.75) is 25.7 Å². The first-order chi connectivity index (χ1) is 12.3. The summed E-state index contributed by atoms with van der Waals surface area (Å²) in [6.07, 6.45) is 0. The fourth-order valence-electron chi connectivity index (χ4n) is 2.97. The third kappa shape index (κ3) is 4.75. The number of piperazine rings is 1. The second kappa shape index (κ2) is 8.83. The Morgan fingerprint density at radius 1 is 1.19 bits per heavy atom. The third-order valence-corrected chi connectivity index (χ3v) is 6.48. The highest BCUT2D eigenvalue weighted by atomic mass is 32.2. The maximum atomic E-state index is 12.8. The quantitative estimate of drug-likeness (QED) is 0.707. The van der Waals surface area contributed by atoms with Crippen molar-refractivity contribution < 1.29 is 17.9 Å². The van der Waals surface area contributed by atoms with Gasteiger partial charge in [0.15, 0.2) is 0 Å². The number of likely N-dealkylation sites (N-methyl/N-ethyl adjacent to an activating group) is 2. The van der Waals surface area contributed by atoms with Gasteiger partial charge in [-0.05, 0) is 44.2 Å². The first kappa shape index (κ1) is 20.7. The number of carbonyl (C=O) groups excluding carboxylic acids is 1. The summed E-state index contributed by atoms with van der Waals surface area (Å²) < 4.78 is 32.1.